The second kappa shape index (κ2) is 24.0. The molecule has 0 aliphatic carbocycles. The SMILES string of the molecule is CC(C)O.CC(C)O.[CH2-]OC(C)C.[CH3-].[Ti+2]. The normalized spacial score (nSPS) is 8.00. The molecular weight excluding hydrogens is 228 g/mol. The smallest absolute Gasteiger partial charge is 0.553 e. The summed E-state index contributed by atoms with van der Waals surface area (Å²) in [5.41, 5.74) is 0. The van der Waals surface area contributed by atoms with E-state index >= 15 is 0 Å². The summed E-state index contributed by atoms with van der Waals surface area (Å²) in [7, 11) is 3.19. The van der Waals surface area contributed by atoms with Gasteiger partial charge in [0.05, 0.1) is 0 Å². The molecule has 0 spiro atoms. The van der Waals surface area contributed by atoms with Crippen molar-refractivity contribution >= 4 is 0 Å². The van der Waals surface area contributed by atoms with Gasteiger partial charge in [0, 0.05) is 18.3 Å². The predicted molar refractivity (Wildman–Crippen MR) is 62.7 cm³/mol. The number of aliphatic hydroxyl groups excluding tert-OH is 2. The maximum Gasteiger partial charge on any atom is 2.00 e. The number of aliphatic hydroxyl groups is 2. The van der Waals surface area contributed by atoms with E-state index in [1.165, 1.54) is 0 Å². The molecule has 0 aromatic rings. The molecule has 0 rings (SSSR count). The Balaban J connectivity index is -0.0000000315. The molecule has 0 aromatic heterocycles. The Morgan fingerprint density at radius 3 is 0.933 bits per heavy atom. The van der Waals surface area contributed by atoms with Gasteiger partial charge in [0.25, 0.3) is 0 Å². The van der Waals surface area contributed by atoms with Crippen LogP contribution in [0.4, 0.5) is 0 Å². The van der Waals surface area contributed by atoms with Gasteiger partial charge in [-0.3, -0.25) is 0 Å². The summed E-state index contributed by atoms with van der Waals surface area (Å²) in [6.45, 7) is 10.8. The van der Waals surface area contributed by atoms with Crippen LogP contribution in [0.3, 0.4) is 0 Å². The van der Waals surface area contributed by atoms with Crippen molar-refractivity contribution < 1.29 is 36.7 Å². The fourth-order valence-electron chi connectivity index (χ4n) is 0. The van der Waals surface area contributed by atoms with Crippen LogP contribution in [0.25, 0.3) is 0 Å². The van der Waals surface area contributed by atoms with Crippen LogP contribution in [0.2, 0.25) is 0 Å². The molecule has 0 heterocycles. The summed E-state index contributed by atoms with van der Waals surface area (Å²) in [5.74, 6) is 0. The van der Waals surface area contributed by atoms with E-state index in [0.717, 1.165) is 0 Å². The predicted octanol–water partition coefficient (Wildman–Crippen LogP) is 2.42. The zero-order valence-electron chi connectivity index (χ0n) is 11.2. The van der Waals surface area contributed by atoms with Gasteiger partial charge >= 0.3 is 21.7 Å². The summed E-state index contributed by atoms with van der Waals surface area (Å²) < 4.78 is 4.50. The Kier molecular flexibility index (Phi) is 47.4. The van der Waals surface area contributed by atoms with E-state index < -0.39 is 0 Å². The summed E-state index contributed by atoms with van der Waals surface area (Å²) in [6.07, 6.45) is -0.0602. The standard InChI is InChI=1S/C4H9O.2C3H8O.CH3.Ti/c1-4(2)5-3;2*1-3(2)4;;/h4H,3H2,1-2H3;2*3-4H,1-2H3;1H3;/q-1;;;-1;+2. The van der Waals surface area contributed by atoms with E-state index in [2.05, 4.69) is 11.8 Å². The molecule has 0 fully saturated rings. The van der Waals surface area contributed by atoms with Crippen molar-refractivity contribution in [1.82, 2.24) is 0 Å². The van der Waals surface area contributed by atoms with Gasteiger partial charge in [-0.25, -0.2) is 7.11 Å². The Hall–Kier alpha value is 0.594. The molecule has 0 amide bonds. The Morgan fingerprint density at radius 2 is 0.933 bits per heavy atom. The summed E-state index contributed by atoms with van der Waals surface area (Å²) in [6, 6.07) is 0. The summed E-state index contributed by atoms with van der Waals surface area (Å²) in [5, 5.41) is 16.1. The molecule has 2 N–H and O–H groups in total. The maximum absolute atomic E-state index is 8.06. The van der Waals surface area contributed by atoms with Crippen LogP contribution in [-0.2, 0) is 26.5 Å². The van der Waals surface area contributed by atoms with E-state index in [0.29, 0.717) is 0 Å². The zero-order chi connectivity index (χ0) is 11.4. The molecule has 0 bridgehead atoms. The second-order valence-corrected chi connectivity index (χ2v) is 3.40. The Bertz CT molecular complexity index is 64.7. The third kappa shape index (κ3) is 344. The van der Waals surface area contributed by atoms with Crippen molar-refractivity contribution in [2.24, 2.45) is 0 Å². The average molecular weight is 256 g/mol. The van der Waals surface area contributed by atoms with E-state index in [-0.39, 0.29) is 47.5 Å². The molecule has 4 heteroatoms. The monoisotopic (exact) mass is 256 g/mol. The van der Waals surface area contributed by atoms with E-state index in [4.69, 9.17) is 10.2 Å². The van der Waals surface area contributed by atoms with Gasteiger partial charge in [-0.05, 0) is 41.5 Å². The van der Waals surface area contributed by atoms with Crippen molar-refractivity contribution in [3.63, 3.8) is 0 Å². The van der Waals surface area contributed by atoms with Gasteiger partial charge in [0.15, 0.2) is 0 Å². The third-order valence-electron chi connectivity index (χ3n) is 0.333. The minimum Gasteiger partial charge on any atom is -0.553 e. The molecule has 0 unspecified atom stereocenters. The molecular formula is C11H28O3Ti. The molecule has 0 atom stereocenters. The van der Waals surface area contributed by atoms with Gasteiger partial charge < -0.3 is 22.4 Å². The largest absolute Gasteiger partial charge is 2.00 e. The molecule has 0 aromatic carbocycles. The first-order valence-electron chi connectivity index (χ1n) is 4.50. The minimum atomic E-state index is -0.167. The summed E-state index contributed by atoms with van der Waals surface area (Å²) >= 11 is 0. The van der Waals surface area contributed by atoms with Crippen LogP contribution in [0.1, 0.15) is 41.5 Å². The fourth-order valence-corrected chi connectivity index (χ4v) is 0. The molecule has 0 aliphatic rings. The molecule has 0 radical (unpaired) electrons. The van der Waals surface area contributed by atoms with Gasteiger partial charge in [-0.2, -0.15) is 0 Å². The van der Waals surface area contributed by atoms with Gasteiger partial charge in [0.1, 0.15) is 0 Å². The topological polar surface area (TPSA) is 49.7 Å². The first-order valence-corrected chi connectivity index (χ1v) is 4.50. The number of ether oxygens (including phenoxy) is 1. The fraction of sp³-hybridized carbons (Fsp3) is 0.818. The number of rotatable bonds is 1. The third-order valence-corrected chi connectivity index (χ3v) is 0.333. The molecule has 15 heavy (non-hydrogen) atoms. The van der Waals surface area contributed by atoms with Gasteiger partial charge in [0.2, 0.25) is 0 Å². The first-order chi connectivity index (χ1) is 5.73. The number of hydrogen-bond donors (Lipinski definition) is 2. The van der Waals surface area contributed by atoms with E-state index in [1.807, 2.05) is 13.8 Å². The molecule has 94 valence electrons. The van der Waals surface area contributed by atoms with Crippen molar-refractivity contribution in [1.29, 1.82) is 0 Å². The average Bonchev–Trinajstić information content (AvgIpc) is 1.84. The van der Waals surface area contributed by atoms with Crippen LogP contribution in [-0.4, -0.2) is 28.5 Å². The molecule has 0 saturated carbocycles. The number of hydrogen-bond acceptors (Lipinski definition) is 3. The first kappa shape index (κ1) is 29.6. The Morgan fingerprint density at radius 1 is 0.867 bits per heavy atom. The van der Waals surface area contributed by atoms with Crippen LogP contribution in [0.15, 0.2) is 0 Å². The van der Waals surface area contributed by atoms with Crippen molar-refractivity contribution in [2.75, 3.05) is 0 Å². The molecule has 3 nitrogen and oxygen atoms in total. The second-order valence-electron chi connectivity index (χ2n) is 3.40. The quantitative estimate of drug-likeness (QED) is 0.559. The van der Waals surface area contributed by atoms with Crippen LogP contribution < -0.4 is 0 Å². The Labute approximate surface area is 111 Å². The summed E-state index contributed by atoms with van der Waals surface area (Å²) in [4.78, 5) is 0. The molecule has 0 aliphatic heterocycles. The van der Waals surface area contributed by atoms with Crippen LogP contribution in [0.5, 0.6) is 0 Å². The van der Waals surface area contributed by atoms with Crippen molar-refractivity contribution in [3.8, 4) is 0 Å². The van der Waals surface area contributed by atoms with Gasteiger partial charge in [-0.15, -0.1) is 0 Å². The van der Waals surface area contributed by atoms with Crippen molar-refractivity contribution in [3.05, 3.63) is 14.5 Å². The van der Waals surface area contributed by atoms with Gasteiger partial charge in [-0.1, -0.05) is 0 Å². The van der Waals surface area contributed by atoms with E-state index in [9.17, 15) is 0 Å². The zero-order valence-corrected chi connectivity index (χ0v) is 12.8. The van der Waals surface area contributed by atoms with Crippen LogP contribution in [0, 0.1) is 14.5 Å². The molecule has 0 saturated heterocycles. The van der Waals surface area contributed by atoms with Crippen molar-refractivity contribution in [2.45, 2.75) is 59.9 Å². The van der Waals surface area contributed by atoms with E-state index in [1.54, 1.807) is 27.7 Å². The maximum atomic E-state index is 8.06. The van der Waals surface area contributed by atoms with Crippen LogP contribution >= 0.6 is 0 Å². The minimum absolute atomic E-state index is 0.